The number of hydrogen-bond donors (Lipinski definition) is 1. The van der Waals surface area contributed by atoms with E-state index in [-0.39, 0.29) is 0 Å². The molecule has 106 valence electrons. The zero-order valence-electron chi connectivity index (χ0n) is 12.0. The molecule has 1 saturated carbocycles. The Morgan fingerprint density at radius 2 is 1.85 bits per heavy atom. The number of nitrogens with two attached hydrogens (primary N) is 1. The minimum Gasteiger partial charge on any atom is -0.399 e. The van der Waals surface area contributed by atoms with Gasteiger partial charge in [-0.05, 0) is 38.1 Å². The summed E-state index contributed by atoms with van der Waals surface area (Å²) in [4.78, 5) is 4.87. The van der Waals surface area contributed by atoms with E-state index in [1.54, 1.807) is 0 Å². The predicted molar refractivity (Wildman–Crippen MR) is 84.3 cm³/mol. The summed E-state index contributed by atoms with van der Waals surface area (Å²) in [6, 6.07) is 7.24. The molecule has 20 heavy (non-hydrogen) atoms. The van der Waals surface area contributed by atoms with Crippen LogP contribution in [-0.4, -0.2) is 42.7 Å². The lowest BCUT2D eigenvalue weighted by Gasteiger charge is -2.34. The Morgan fingerprint density at radius 3 is 2.55 bits per heavy atom. The fraction of sp³-hybridized carbons (Fsp3) is 0.500. The standard InChI is InChI=1S/C16H22N4/c1-18-6-8-19(9-7-18)15-10-12(17)11-16-14(15)4-5-20(16)13-2-3-13/h4-5,10-11,13H,2-3,6-9,17H2,1H3. The summed E-state index contributed by atoms with van der Waals surface area (Å²) in [5.74, 6) is 0. The van der Waals surface area contributed by atoms with Crippen LogP contribution in [0.4, 0.5) is 11.4 Å². The van der Waals surface area contributed by atoms with Gasteiger partial charge in [0, 0.05) is 55.2 Å². The van der Waals surface area contributed by atoms with Crippen LogP contribution in [0.2, 0.25) is 0 Å². The number of anilines is 2. The molecule has 2 fully saturated rings. The monoisotopic (exact) mass is 270 g/mol. The summed E-state index contributed by atoms with van der Waals surface area (Å²) < 4.78 is 2.41. The number of piperazine rings is 1. The number of nitrogens with zero attached hydrogens (tertiary/aromatic N) is 3. The maximum atomic E-state index is 6.16. The normalized spacial score (nSPS) is 20.8. The van der Waals surface area contributed by atoms with E-state index >= 15 is 0 Å². The summed E-state index contributed by atoms with van der Waals surface area (Å²) in [5, 5.41) is 1.36. The van der Waals surface area contributed by atoms with Gasteiger partial charge in [0.25, 0.3) is 0 Å². The quantitative estimate of drug-likeness (QED) is 0.851. The highest BCUT2D eigenvalue weighted by atomic mass is 15.2. The first kappa shape index (κ1) is 12.1. The highest BCUT2D eigenvalue weighted by Gasteiger charge is 2.26. The van der Waals surface area contributed by atoms with Crippen LogP contribution in [0.15, 0.2) is 24.4 Å². The van der Waals surface area contributed by atoms with E-state index < -0.39 is 0 Å². The summed E-state index contributed by atoms with van der Waals surface area (Å²) in [7, 11) is 2.19. The second-order valence-electron chi connectivity index (χ2n) is 6.22. The first-order valence-electron chi connectivity index (χ1n) is 7.56. The third-order valence-electron chi connectivity index (χ3n) is 4.62. The van der Waals surface area contributed by atoms with Crippen molar-refractivity contribution in [3.63, 3.8) is 0 Å². The van der Waals surface area contributed by atoms with Crippen LogP contribution in [0, 0.1) is 0 Å². The van der Waals surface area contributed by atoms with Crippen molar-refractivity contribution in [3.8, 4) is 0 Å². The van der Waals surface area contributed by atoms with Crippen molar-refractivity contribution < 1.29 is 0 Å². The van der Waals surface area contributed by atoms with Gasteiger partial charge in [-0.25, -0.2) is 0 Å². The number of likely N-dealkylation sites (N-methyl/N-ethyl adjacent to an activating group) is 1. The topological polar surface area (TPSA) is 37.4 Å². The summed E-state index contributed by atoms with van der Waals surface area (Å²) in [6.45, 7) is 4.42. The third kappa shape index (κ3) is 1.95. The zero-order valence-corrected chi connectivity index (χ0v) is 12.0. The van der Waals surface area contributed by atoms with Crippen LogP contribution in [0.25, 0.3) is 10.9 Å². The minimum absolute atomic E-state index is 0.703. The maximum absolute atomic E-state index is 6.16. The van der Waals surface area contributed by atoms with Crippen molar-refractivity contribution in [2.75, 3.05) is 43.9 Å². The molecule has 2 aromatic rings. The number of benzene rings is 1. The van der Waals surface area contributed by atoms with Crippen LogP contribution >= 0.6 is 0 Å². The molecule has 0 atom stereocenters. The Hall–Kier alpha value is -1.68. The summed E-state index contributed by atoms with van der Waals surface area (Å²) in [5.41, 5.74) is 9.66. The van der Waals surface area contributed by atoms with Crippen molar-refractivity contribution >= 4 is 22.3 Å². The maximum Gasteiger partial charge on any atom is 0.0524 e. The molecule has 2 heterocycles. The Kier molecular flexibility index (Phi) is 2.67. The predicted octanol–water partition coefficient (Wildman–Crippen LogP) is 2.31. The Labute approximate surface area is 119 Å². The second kappa shape index (κ2) is 4.42. The molecule has 1 aliphatic heterocycles. The van der Waals surface area contributed by atoms with Crippen molar-refractivity contribution in [2.24, 2.45) is 0 Å². The zero-order chi connectivity index (χ0) is 13.7. The average Bonchev–Trinajstić information content (AvgIpc) is 3.19. The summed E-state index contributed by atoms with van der Waals surface area (Å²) in [6.07, 6.45) is 4.85. The van der Waals surface area contributed by atoms with E-state index in [1.165, 1.54) is 29.4 Å². The van der Waals surface area contributed by atoms with Crippen molar-refractivity contribution in [1.82, 2.24) is 9.47 Å². The van der Waals surface area contributed by atoms with Gasteiger partial charge in [0.15, 0.2) is 0 Å². The van der Waals surface area contributed by atoms with E-state index in [1.807, 2.05) is 0 Å². The van der Waals surface area contributed by atoms with Crippen molar-refractivity contribution in [1.29, 1.82) is 0 Å². The molecule has 2 aliphatic rings. The number of hydrogen-bond acceptors (Lipinski definition) is 3. The fourth-order valence-corrected chi connectivity index (χ4v) is 3.24. The third-order valence-corrected chi connectivity index (χ3v) is 4.62. The van der Waals surface area contributed by atoms with E-state index in [4.69, 9.17) is 5.73 Å². The molecule has 0 bridgehead atoms. The second-order valence-corrected chi connectivity index (χ2v) is 6.22. The lowest BCUT2D eigenvalue weighted by Crippen LogP contribution is -2.44. The Morgan fingerprint density at radius 1 is 1.10 bits per heavy atom. The SMILES string of the molecule is CN1CCN(c2cc(N)cc3c2ccn3C2CC2)CC1. The number of fused-ring (bicyclic) bond motifs is 1. The van der Waals surface area contributed by atoms with Crippen molar-refractivity contribution in [3.05, 3.63) is 24.4 Å². The average molecular weight is 270 g/mol. The lowest BCUT2D eigenvalue weighted by molar-refractivity contribution is 0.313. The van der Waals surface area contributed by atoms with Gasteiger partial charge in [0.1, 0.15) is 0 Å². The molecule has 2 N–H and O–H groups in total. The van der Waals surface area contributed by atoms with Crippen LogP contribution < -0.4 is 10.6 Å². The molecule has 1 aromatic carbocycles. The van der Waals surface area contributed by atoms with Gasteiger partial charge in [0.05, 0.1) is 5.52 Å². The molecular weight excluding hydrogens is 248 g/mol. The molecule has 4 nitrogen and oxygen atoms in total. The Bertz CT molecular complexity index is 633. The van der Waals surface area contributed by atoms with E-state index in [0.717, 1.165) is 31.9 Å². The molecule has 4 rings (SSSR count). The molecule has 4 heteroatoms. The highest BCUT2D eigenvalue weighted by Crippen LogP contribution is 2.40. The number of rotatable bonds is 2. The smallest absolute Gasteiger partial charge is 0.0524 e. The first-order chi connectivity index (χ1) is 9.72. The highest BCUT2D eigenvalue weighted by molar-refractivity contribution is 5.96. The van der Waals surface area contributed by atoms with Crippen LogP contribution in [0.1, 0.15) is 18.9 Å². The molecule has 0 spiro atoms. The summed E-state index contributed by atoms with van der Waals surface area (Å²) >= 11 is 0. The number of nitrogen functional groups attached to an aromatic ring is 1. The molecule has 1 saturated heterocycles. The minimum atomic E-state index is 0.703. The van der Waals surface area contributed by atoms with E-state index in [0.29, 0.717) is 6.04 Å². The fourth-order valence-electron chi connectivity index (χ4n) is 3.24. The molecule has 0 unspecified atom stereocenters. The largest absolute Gasteiger partial charge is 0.399 e. The van der Waals surface area contributed by atoms with Crippen LogP contribution in [0.5, 0.6) is 0 Å². The van der Waals surface area contributed by atoms with Crippen LogP contribution in [0.3, 0.4) is 0 Å². The lowest BCUT2D eigenvalue weighted by atomic mass is 10.1. The number of aromatic nitrogens is 1. The van der Waals surface area contributed by atoms with Gasteiger partial charge in [-0.3, -0.25) is 0 Å². The van der Waals surface area contributed by atoms with E-state index in [9.17, 15) is 0 Å². The van der Waals surface area contributed by atoms with Gasteiger partial charge in [0.2, 0.25) is 0 Å². The van der Waals surface area contributed by atoms with Gasteiger partial charge in [-0.15, -0.1) is 0 Å². The Balaban J connectivity index is 1.78. The molecule has 0 amide bonds. The van der Waals surface area contributed by atoms with Gasteiger partial charge in [-0.1, -0.05) is 0 Å². The van der Waals surface area contributed by atoms with Crippen molar-refractivity contribution in [2.45, 2.75) is 18.9 Å². The van der Waals surface area contributed by atoms with Gasteiger partial charge in [-0.2, -0.15) is 0 Å². The molecule has 0 radical (unpaired) electrons. The first-order valence-corrected chi connectivity index (χ1v) is 7.56. The molecule has 1 aliphatic carbocycles. The molecule has 1 aromatic heterocycles. The van der Waals surface area contributed by atoms with Gasteiger partial charge < -0.3 is 20.1 Å². The van der Waals surface area contributed by atoms with Crippen LogP contribution in [-0.2, 0) is 0 Å². The molecular formula is C16H22N4. The van der Waals surface area contributed by atoms with Gasteiger partial charge >= 0.3 is 0 Å². The van der Waals surface area contributed by atoms with E-state index in [2.05, 4.69) is 45.8 Å².